The van der Waals surface area contributed by atoms with Gasteiger partial charge >= 0.3 is 6.03 Å². The van der Waals surface area contributed by atoms with E-state index in [9.17, 15) is 9.59 Å². The molecule has 2 aromatic carbocycles. The highest BCUT2D eigenvalue weighted by atomic mass is 16.5. The third-order valence-electron chi connectivity index (χ3n) is 5.70. The summed E-state index contributed by atoms with van der Waals surface area (Å²) in [4.78, 5) is 27.2. The van der Waals surface area contributed by atoms with Gasteiger partial charge in [-0.05, 0) is 75.1 Å². The van der Waals surface area contributed by atoms with E-state index >= 15 is 0 Å². The number of carbonyl (C=O) groups excluding carboxylic acids is 2. The number of hydrogen-bond acceptors (Lipinski definition) is 4. The Morgan fingerprint density at radius 3 is 2.67 bits per heavy atom. The Balaban J connectivity index is 1.55. The van der Waals surface area contributed by atoms with Crippen molar-refractivity contribution in [2.75, 3.05) is 44.8 Å². The third-order valence-corrected chi connectivity index (χ3v) is 5.70. The van der Waals surface area contributed by atoms with E-state index in [2.05, 4.69) is 10.6 Å². The number of piperidine rings is 1. The molecule has 0 bridgehead atoms. The average molecular weight is 454 g/mol. The fraction of sp³-hybridized carbons (Fsp3) is 0.462. The zero-order chi connectivity index (χ0) is 23.5. The van der Waals surface area contributed by atoms with Crippen molar-refractivity contribution >= 4 is 17.6 Å². The molecule has 3 amide bonds. The predicted octanol–water partition coefficient (Wildman–Crippen LogP) is 4.65. The van der Waals surface area contributed by atoms with Crippen LogP contribution < -0.4 is 15.4 Å². The molecule has 3 rings (SSSR count). The fourth-order valence-corrected chi connectivity index (χ4v) is 3.99. The highest BCUT2D eigenvalue weighted by molar-refractivity contribution is 5.94. The van der Waals surface area contributed by atoms with Gasteiger partial charge in [0, 0.05) is 50.0 Å². The van der Waals surface area contributed by atoms with Crippen LogP contribution in [-0.2, 0) is 4.74 Å². The van der Waals surface area contributed by atoms with Crippen molar-refractivity contribution in [3.63, 3.8) is 0 Å². The van der Waals surface area contributed by atoms with Gasteiger partial charge in [-0.3, -0.25) is 4.79 Å². The standard InChI is InChI=1S/C26H35N3O4/c1-3-32-17-7-15-27-25(30)21-9-5-8-20(18-21)22-10-6-16-29(19-22)26(31)28-23-11-13-24(14-12-23)33-4-2/h5,8-9,11-14,18,22H,3-4,6-7,10,15-17,19H2,1-2H3,(H,27,30)(H,28,31). The summed E-state index contributed by atoms with van der Waals surface area (Å²) < 4.78 is 10.8. The zero-order valence-electron chi connectivity index (χ0n) is 19.6. The highest BCUT2D eigenvalue weighted by Crippen LogP contribution is 2.28. The Labute approximate surface area is 196 Å². The largest absolute Gasteiger partial charge is 0.494 e. The Kier molecular flexibility index (Phi) is 9.57. The summed E-state index contributed by atoms with van der Waals surface area (Å²) in [7, 11) is 0. The van der Waals surface area contributed by atoms with Crippen molar-refractivity contribution < 1.29 is 19.1 Å². The van der Waals surface area contributed by atoms with Gasteiger partial charge in [0.05, 0.1) is 6.61 Å². The number of likely N-dealkylation sites (tertiary alicyclic amines) is 1. The summed E-state index contributed by atoms with van der Waals surface area (Å²) in [5.41, 5.74) is 2.49. The van der Waals surface area contributed by atoms with Crippen LogP contribution in [0.25, 0.3) is 0 Å². The van der Waals surface area contributed by atoms with Crippen molar-refractivity contribution in [1.82, 2.24) is 10.2 Å². The van der Waals surface area contributed by atoms with Gasteiger partial charge in [-0.1, -0.05) is 12.1 Å². The van der Waals surface area contributed by atoms with Gasteiger partial charge in [0.25, 0.3) is 5.91 Å². The maximum Gasteiger partial charge on any atom is 0.321 e. The van der Waals surface area contributed by atoms with Crippen molar-refractivity contribution in [2.24, 2.45) is 0 Å². The van der Waals surface area contributed by atoms with Gasteiger partial charge in [-0.15, -0.1) is 0 Å². The number of nitrogens with zero attached hydrogens (tertiary/aromatic N) is 1. The van der Waals surface area contributed by atoms with Crippen LogP contribution in [0.4, 0.5) is 10.5 Å². The number of nitrogens with one attached hydrogen (secondary N) is 2. The van der Waals surface area contributed by atoms with Crippen molar-refractivity contribution in [2.45, 2.75) is 39.0 Å². The molecule has 33 heavy (non-hydrogen) atoms. The minimum Gasteiger partial charge on any atom is -0.494 e. The van der Waals surface area contributed by atoms with E-state index in [4.69, 9.17) is 9.47 Å². The Morgan fingerprint density at radius 1 is 1.09 bits per heavy atom. The molecule has 0 spiro atoms. The normalized spacial score (nSPS) is 15.7. The molecule has 7 nitrogen and oxygen atoms in total. The smallest absolute Gasteiger partial charge is 0.321 e. The summed E-state index contributed by atoms with van der Waals surface area (Å²) >= 11 is 0. The highest BCUT2D eigenvalue weighted by Gasteiger charge is 2.25. The number of anilines is 1. The Bertz CT molecular complexity index is 901. The number of urea groups is 1. The summed E-state index contributed by atoms with van der Waals surface area (Å²) in [5.74, 6) is 0.913. The molecule has 2 aromatic rings. The maximum absolute atomic E-state index is 12.8. The van der Waals surface area contributed by atoms with Crippen LogP contribution in [0.3, 0.4) is 0 Å². The molecule has 0 aliphatic carbocycles. The molecule has 178 valence electrons. The van der Waals surface area contributed by atoms with E-state index in [0.29, 0.717) is 38.5 Å². The predicted molar refractivity (Wildman–Crippen MR) is 130 cm³/mol. The lowest BCUT2D eigenvalue weighted by Gasteiger charge is -2.33. The molecule has 0 saturated carbocycles. The first kappa shape index (κ1) is 24.6. The van der Waals surface area contributed by atoms with E-state index in [1.165, 1.54) is 0 Å². The van der Waals surface area contributed by atoms with Gasteiger partial charge in [-0.2, -0.15) is 0 Å². The van der Waals surface area contributed by atoms with Crippen LogP contribution in [0.15, 0.2) is 48.5 Å². The number of rotatable bonds is 10. The van der Waals surface area contributed by atoms with E-state index < -0.39 is 0 Å². The number of ether oxygens (including phenoxy) is 2. The lowest BCUT2D eigenvalue weighted by Crippen LogP contribution is -2.41. The molecule has 1 atom stereocenters. The number of carbonyl (C=O) groups is 2. The Hall–Kier alpha value is -3.06. The first-order valence-corrected chi connectivity index (χ1v) is 11.9. The lowest BCUT2D eigenvalue weighted by molar-refractivity contribution is 0.0944. The molecule has 1 aliphatic rings. The van der Waals surface area contributed by atoms with Crippen LogP contribution in [0.1, 0.15) is 54.9 Å². The minimum absolute atomic E-state index is 0.0748. The van der Waals surface area contributed by atoms with E-state index in [-0.39, 0.29) is 17.9 Å². The van der Waals surface area contributed by atoms with Gasteiger partial charge in [0.15, 0.2) is 0 Å². The second kappa shape index (κ2) is 12.8. The molecule has 2 N–H and O–H groups in total. The van der Waals surface area contributed by atoms with Gasteiger partial charge in [0.2, 0.25) is 0 Å². The summed E-state index contributed by atoms with van der Waals surface area (Å²) in [6, 6.07) is 15.1. The lowest BCUT2D eigenvalue weighted by atomic mass is 9.89. The van der Waals surface area contributed by atoms with E-state index in [1.54, 1.807) is 0 Å². The van der Waals surface area contributed by atoms with Crippen LogP contribution in [-0.4, -0.2) is 56.3 Å². The van der Waals surface area contributed by atoms with Crippen LogP contribution in [0.2, 0.25) is 0 Å². The monoisotopic (exact) mass is 453 g/mol. The van der Waals surface area contributed by atoms with Gasteiger partial charge in [0.1, 0.15) is 5.75 Å². The molecular weight excluding hydrogens is 418 g/mol. The topological polar surface area (TPSA) is 79.9 Å². The average Bonchev–Trinajstić information content (AvgIpc) is 2.85. The number of benzene rings is 2. The van der Waals surface area contributed by atoms with Crippen molar-refractivity contribution in [1.29, 1.82) is 0 Å². The quantitative estimate of drug-likeness (QED) is 0.513. The Morgan fingerprint density at radius 2 is 1.91 bits per heavy atom. The van der Waals surface area contributed by atoms with Crippen LogP contribution >= 0.6 is 0 Å². The summed E-state index contributed by atoms with van der Waals surface area (Å²) in [5, 5.41) is 5.93. The minimum atomic E-state index is -0.105. The van der Waals surface area contributed by atoms with Gasteiger partial charge < -0.3 is 25.0 Å². The molecule has 1 saturated heterocycles. The van der Waals surface area contributed by atoms with Crippen molar-refractivity contribution in [3.05, 3.63) is 59.7 Å². The fourth-order valence-electron chi connectivity index (χ4n) is 3.99. The van der Waals surface area contributed by atoms with Crippen LogP contribution in [0.5, 0.6) is 5.75 Å². The molecule has 1 fully saturated rings. The van der Waals surface area contributed by atoms with Gasteiger partial charge in [-0.25, -0.2) is 4.79 Å². The third kappa shape index (κ3) is 7.49. The van der Waals surface area contributed by atoms with E-state index in [1.807, 2.05) is 67.3 Å². The summed E-state index contributed by atoms with van der Waals surface area (Å²) in [6.45, 7) is 7.78. The molecule has 0 radical (unpaired) electrons. The molecule has 1 aliphatic heterocycles. The summed E-state index contributed by atoms with van der Waals surface area (Å²) in [6.07, 6.45) is 2.71. The second-order valence-electron chi connectivity index (χ2n) is 8.10. The molecule has 1 heterocycles. The second-order valence-corrected chi connectivity index (χ2v) is 8.10. The van der Waals surface area contributed by atoms with Crippen LogP contribution in [0, 0.1) is 0 Å². The first-order chi connectivity index (χ1) is 16.1. The molecule has 0 aromatic heterocycles. The number of amides is 3. The molecular formula is C26H35N3O4. The van der Waals surface area contributed by atoms with E-state index in [0.717, 1.165) is 42.8 Å². The molecule has 7 heteroatoms. The van der Waals surface area contributed by atoms with Crippen molar-refractivity contribution in [3.8, 4) is 5.75 Å². The molecule has 1 unspecified atom stereocenters. The maximum atomic E-state index is 12.8. The number of hydrogen-bond donors (Lipinski definition) is 2. The SMILES string of the molecule is CCOCCCNC(=O)c1cccc(C2CCCN(C(=O)Nc3ccc(OCC)cc3)C2)c1. The zero-order valence-corrected chi connectivity index (χ0v) is 19.6. The first-order valence-electron chi connectivity index (χ1n) is 11.9.